The summed E-state index contributed by atoms with van der Waals surface area (Å²) in [5.41, 5.74) is 8.95. The van der Waals surface area contributed by atoms with E-state index in [0.717, 1.165) is 11.3 Å². The Bertz CT molecular complexity index is 722. The Kier molecular flexibility index (Phi) is 3.83. The van der Waals surface area contributed by atoms with Gasteiger partial charge in [0.25, 0.3) is 0 Å². The molecule has 0 aliphatic rings. The SMILES string of the molecule is Nc1cc(Br)nc(Nc2ccc(-c3ccccc3)cc2)n1. The summed E-state index contributed by atoms with van der Waals surface area (Å²) in [6, 6.07) is 20.0. The molecule has 4 nitrogen and oxygen atoms in total. The van der Waals surface area contributed by atoms with E-state index in [0.29, 0.717) is 16.4 Å². The minimum Gasteiger partial charge on any atom is -0.383 e. The molecule has 0 aliphatic carbocycles. The van der Waals surface area contributed by atoms with Crippen molar-refractivity contribution in [1.82, 2.24) is 9.97 Å². The van der Waals surface area contributed by atoms with Gasteiger partial charge in [-0.15, -0.1) is 0 Å². The number of nitrogens with zero attached hydrogens (tertiary/aromatic N) is 2. The average Bonchev–Trinajstić information content (AvgIpc) is 2.48. The summed E-state index contributed by atoms with van der Waals surface area (Å²) in [7, 11) is 0. The van der Waals surface area contributed by atoms with Gasteiger partial charge in [-0.2, -0.15) is 4.98 Å². The summed E-state index contributed by atoms with van der Waals surface area (Å²) in [6.07, 6.45) is 0. The van der Waals surface area contributed by atoms with Crippen LogP contribution in [0, 0.1) is 0 Å². The molecule has 3 N–H and O–H groups in total. The predicted octanol–water partition coefficient (Wildman–Crippen LogP) is 4.23. The first-order chi connectivity index (χ1) is 10.2. The number of hydrogen-bond donors (Lipinski definition) is 2. The highest BCUT2D eigenvalue weighted by Gasteiger charge is 2.02. The lowest BCUT2D eigenvalue weighted by Crippen LogP contribution is -2.00. The number of halogens is 1. The maximum atomic E-state index is 5.69. The Morgan fingerprint density at radius 2 is 1.52 bits per heavy atom. The van der Waals surface area contributed by atoms with Crippen molar-refractivity contribution in [3.05, 3.63) is 65.3 Å². The van der Waals surface area contributed by atoms with Crippen molar-refractivity contribution in [3.8, 4) is 11.1 Å². The average molecular weight is 341 g/mol. The fraction of sp³-hybridized carbons (Fsp3) is 0. The molecule has 0 atom stereocenters. The van der Waals surface area contributed by atoms with Crippen LogP contribution in [0.5, 0.6) is 0 Å². The third-order valence-corrected chi connectivity index (χ3v) is 3.37. The van der Waals surface area contributed by atoms with E-state index in [9.17, 15) is 0 Å². The molecule has 21 heavy (non-hydrogen) atoms. The number of nitrogens with one attached hydrogen (secondary N) is 1. The second-order valence-electron chi connectivity index (χ2n) is 4.51. The van der Waals surface area contributed by atoms with Crippen molar-refractivity contribution in [2.45, 2.75) is 0 Å². The number of hydrogen-bond acceptors (Lipinski definition) is 4. The second-order valence-corrected chi connectivity index (χ2v) is 5.32. The third-order valence-electron chi connectivity index (χ3n) is 2.96. The Morgan fingerprint density at radius 1 is 0.857 bits per heavy atom. The van der Waals surface area contributed by atoms with Crippen LogP contribution in [0.1, 0.15) is 0 Å². The van der Waals surface area contributed by atoms with E-state index in [1.807, 2.05) is 30.3 Å². The lowest BCUT2D eigenvalue weighted by atomic mass is 10.1. The van der Waals surface area contributed by atoms with E-state index in [-0.39, 0.29) is 0 Å². The van der Waals surface area contributed by atoms with Crippen LogP contribution in [-0.4, -0.2) is 9.97 Å². The highest BCUT2D eigenvalue weighted by molar-refractivity contribution is 9.10. The number of anilines is 3. The number of benzene rings is 2. The normalized spacial score (nSPS) is 10.3. The second kappa shape index (κ2) is 5.93. The van der Waals surface area contributed by atoms with Gasteiger partial charge in [-0.1, -0.05) is 42.5 Å². The van der Waals surface area contributed by atoms with Crippen molar-refractivity contribution in [1.29, 1.82) is 0 Å². The van der Waals surface area contributed by atoms with E-state index in [1.165, 1.54) is 5.56 Å². The zero-order valence-corrected chi connectivity index (χ0v) is 12.7. The standard InChI is InChI=1S/C16H13BrN4/c17-14-10-15(18)21-16(20-14)19-13-8-6-12(7-9-13)11-4-2-1-3-5-11/h1-10H,(H3,18,19,20,21). The molecular weight excluding hydrogens is 328 g/mol. The largest absolute Gasteiger partial charge is 0.383 e. The van der Waals surface area contributed by atoms with Gasteiger partial charge in [0.15, 0.2) is 0 Å². The van der Waals surface area contributed by atoms with Crippen LogP contribution in [-0.2, 0) is 0 Å². The molecule has 104 valence electrons. The molecule has 0 aliphatic heterocycles. The molecule has 3 rings (SSSR count). The number of nitrogen functional groups attached to an aromatic ring is 1. The zero-order valence-electron chi connectivity index (χ0n) is 11.1. The van der Waals surface area contributed by atoms with Crippen LogP contribution < -0.4 is 11.1 Å². The van der Waals surface area contributed by atoms with Gasteiger partial charge < -0.3 is 11.1 Å². The van der Waals surface area contributed by atoms with Crippen LogP contribution in [0.2, 0.25) is 0 Å². The first-order valence-electron chi connectivity index (χ1n) is 6.43. The quantitative estimate of drug-likeness (QED) is 0.700. The summed E-state index contributed by atoms with van der Waals surface area (Å²) < 4.78 is 0.651. The molecule has 0 spiro atoms. The molecule has 2 aromatic carbocycles. The molecule has 3 aromatic rings. The van der Waals surface area contributed by atoms with Crippen LogP contribution in [0.4, 0.5) is 17.5 Å². The van der Waals surface area contributed by atoms with Crippen molar-refractivity contribution in [3.63, 3.8) is 0 Å². The van der Waals surface area contributed by atoms with Crippen LogP contribution in [0.15, 0.2) is 65.3 Å². The molecule has 0 radical (unpaired) electrons. The first-order valence-corrected chi connectivity index (χ1v) is 7.22. The molecule has 0 amide bonds. The van der Waals surface area contributed by atoms with Gasteiger partial charge >= 0.3 is 0 Å². The maximum Gasteiger partial charge on any atom is 0.230 e. The zero-order chi connectivity index (χ0) is 14.7. The van der Waals surface area contributed by atoms with Gasteiger partial charge in [-0.25, -0.2) is 4.98 Å². The lowest BCUT2D eigenvalue weighted by molar-refractivity contribution is 1.15. The Balaban J connectivity index is 1.81. The minimum atomic E-state index is 0.417. The molecule has 0 saturated carbocycles. The molecule has 0 bridgehead atoms. The molecule has 0 fully saturated rings. The number of aromatic nitrogens is 2. The topological polar surface area (TPSA) is 63.8 Å². The summed E-state index contributed by atoms with van der Waals surface area (Å²) >= 11 is 3.30. The summed E-state index contributed by atoms with van der Waals surface area (Å²) in [5, 5.41) is 3.13. The Labute approximate surface area is 131 Å². The fourth-order valence-electron chi connectivity index (χ4n) is 2.00. The van der Waals surface area contributed by atoms with Crippen molar-refractivity contribution < 1.29 is 0 Å². The highest BCUT2D eigenvalue weighted by Crippen LogP contribution is 2.23. The van der Waals surface area contributed by atoms with Crippen molar-refractivity contribution in [2.75, 3.05) is 11.1 Å². The van der Waals surface area contributed by atoms with Crippen molar-refractivity contribution in [2.24, 2.45) is 0 Å². The van der Waals surface area contributed by atoms with Crippen LogP contribution >= 0.6 is 15.9 Å². The van der Waals surface area contributed by atoms with Gasteiger partial charge in [0.2, 0.25) is 5.95 Å². The third kappa shape index (κ3) is 3.38. The fourth-order valence-corrected chi connectivity index (χ4v) is 2.40. The van der Waals surface area contributed by atoms with E-state index in [2.05, 4.69) is 55.5 Å². The van der Waals surface area contributed by atoms with Gasteiger partial charge in [-0.3, -0.25) is 0 Å². The lowest BCUT2D eigenvalue weighted by Gasteiger charge is -2.07. The smallest absolute Gasteiger partial charge is 0.230 e. The Hall–Kier alpha value is -2.40. The maximum absolute atomic E-state index is 5.69. The highest BCUT2D eigenvalue weighted by atomic mass is 79.9. The molecular formula is C16H13BrN4. The monoisotopic (exact) mass is 340 g/mol. The van der Waals surface area contributed by atoms with Gasteiger partial charge in [0.05, 0.1) is 0 Å². The summed E-state index contributed by atoms with van der Waals surface area (Å²) in [5.74, 6) is 0.884. The molecule has 5 heteroatoms. The van der Waals surface area contributed by atoms with Gasteiger partial charge in [0, 0.05) is 11.8 Å². The molecule has 1 heterocycles. The first kappa shape index (κ1) is 13.6. The van der Waals surface area contributed by atoms with E-state index in [4.69, 9.17) is 5.73 Å². The van der Waals surface area contributed by atoms with Gasteiger partial charge in [-0.05, 0) is 39.2 Å². The minimum absolute atomic E-state index is 0.417. The molecule has 0 unspecified atom stereocenters. The predicted molar refractivity (Wildman–Crippen MR) is 89.3 cm³/mol. The van der Waals surface area contributed by atoms with Crippen LogP contribution in [0.25, 0.3) is 11.1 Å². The van der Waals surface area contributed by atoms with E-state index >= 15 is 0 Å². The van der Waals surface area contributed by atoms with E-state index < -0.39 is 0 Å². The number of rotatable bonds is 3. The molecule has 1 aromatic heterocycles. The van der Waals surface area contributed by atoms with Crippen LogP contribution in [0.3, 0.4) is 0 Å². The summed E-state index contributed by atoms with van der Waals surface area (Å²) in [6.45, 7) is 0. The van der Waals surface area contributed by atoms with Gasteiger partial charge in [0.1, 0.15) is 10.4 Å². The summed E-state index contributed by atoms with van der Waals surface area (Å²) in [4.78, 5) is 8.36. The number of nitrogens with two attached hydrogens (primary N) is 1. The van der Waals surface area contributed by atoms with Crippen molar-refractivity contribution >= 4 is 33.4 Å². The Morgan fingerprint density at radius 3 is 2.19 bits per heavy atom. The van der Waals surface area contributed by atoms with E-state index in [1.54, 1.807) is 6.07 Å². The molecule has 0 saturated heterocycles.